The van der Waals surface area contributed by atoms with Gasteiger partial charge in [-0.1, -0.05) is 49.0 Å². The number of amides is 2. The molecular formula is C14H18Cl2N2O2. The Balaban J connectivity index is 2.42. The summed E-state index contributed by atoms with van der Waals surface area (Å²) in [6, 6.07) is 4.92. The van der Waals surface area contributed by atoms with Crippen molar-refractivity contribution < 1.29 is 9.59 Å². The lowest BCUT2D eigenvalue weighted by atomic mass is 10.2. The Labute approximate surface area is 128 Å². The minimum Gasteiger partial charge on any atom is -0.356 e. The van der Waals surface area contributed by atoms with Crippen LogP contribution in [0.5, 0.6) is 0 Å². The summed E-state index contributed by atoms with van der Waals surface area (Å²) in [6.07, 6.45) is 2.82. The van der Waals surface area contributed by atoms with Crippen LogP contribution in [-0.2, 0) is 9.59 Å². The normalized spacial score (nSPS) is 10.2. The number of anilines is 1. The van der Waals surface area contributed by atoms with Gasteiger partial charge in [0.05, 0.1) is 15.7 Å². The molecule has 0 saturated heterocycles. The van der Waals surface area contributed by atoms with Gasteiger partial charge in [-0.15, -0.1) is 0 Å². The molecule has 0 aliphatic heterocycles. The van der Waals surface area contributed by atoms with Crippen LogP contribution in [0.3, 0.4) is 0 Å². The first-order chi connectivity index (χ1) is 9.54. The Morgan fingerprint density at radius 3 is 2.35 bits per heavy atom. The lowest BCUT2D eigenvalue weighted by Gasteiger charge is -2.09. The van der Waals surface area contributed by atoms with Gasteiger partial charge < -0.3 is 10.6 Å². The van der Waals surface area contributed by atoms with Crippen LogP contribution in [-0.4, -0.2) is 18.4 Å². The van der Waals surface area contributed by atoms with Crippen molar-refractivity contribution in [3.05, 3.63) is 28.2 Å². The predicted octanol–water partition coefficient (Wildman–Crippen LogP) is 3.63. The second kappa shape index (κ2) is 8.82. The minimum atomic E-state index is -0.437. The maximum Gasteiger partial charge on any atom is 0.233 e. The first kappa shape index (κ1) is 16.8. The van der Waals surface area contributed by atoms with Gasteiger partial charge >= 0.3 is 0 Å². The van der Waals surface area contributed by atoms with E-state index in [0.29, 0.717) is 22.3 Å². The third-order valence-electron chi connectivity index (χ3n) is 2.65. The molecule has 20 heavy (non-hydrogen) atoms. The summed E-state index contributed by atoms with van der Waals surface area (Å²) in [5.41, 5.74) is 0.333. The lowest BCUT2D eigenvalue weighted by molar-refractivity contribution is -0.126. The van der Waals surface area contributed by atoms with E-state index in [4.69, 9.17) is 23.2 Å². The van der Waals surface area contributed by atoms with E-state index in [1.807, 2.05) is 0 Å². The van der Waals surface area contributed by atoms with Gasteiger partial charge in [-0.3, -0.25) is 9.59 Å². The van der Waals surface area contributed by atoms with Crippen molar-refractivity contribution in [1.82, 2.24) is 5.32 Å². The fourth-order valence-electron chi connectivity index (χ4n) is 1.61. The molecule has 1 rings (SSSR count). The molecule has 0 fully saturated rings. The summed E-state index contributed by atoms with van der Waals surface area (Å²) in [7, 11) is 0. The number of carbonyl (C=O) groups is 2. The topological polar surface area (TPSA) is 58.2 Å². The number of para-hydroxylation sites is 1. The van der Waals surface area contributed by atoms with Crippen LogP contribution in [0.4, 0.5) is 5.69 Å². The van der Waals surface area contributed by atoms with Crippen molar-refractivity contribution in [2.75, 3.05) is 11.9 Å². The highest BCUT2D eigenvalue weighted by molar-refractivity contribution is 6.39. The minimum absolute atomic E-state index is 0.242. The maximum atomic E-state index is 11.7. The summed E-state index contributed by atoms with van der Waals surface area (Å²) in [4.78, 5) is 23.3. The van der Waals surface area contributed by atoms with Gasteiger partial charge in [0.2, 0.25) is 11.8 Å². The van der Waals surface area contributed by atoms with Crippen LogP contribution in [0, 0.1) is 0 Å². The number of unbranched alkanes of at least 4 members (excludes halogenated alkanes) is 2. The maximum absolute atomic E-state index is 11.7. The molecule has 1 aromatic carbocycles. The van der Waals surface area contributed by atoms with Crippen molar-refractivity contribution in [1.29, 1.82) is 0 Å². The van der Waals surface area contributed by atoms with Crippen molar-refractivity contribution in [3.8, 4) is 0 Å². The third kappa shape index (κ3) is 5.80. The smallest absolute Gasteiger partial charge is 0.233 e. The first-order valence-electron chi connectivity index (χ1n) is 6.55. The molecule has 0 saturated carbocycles. The quantitative estimate of drug-likeness (QED) is 0.596. The van der Waals surface area contributed by atoms with Gasteiger partial charge in [0.1, 0.15) is 6.42 Å². The van der Waals surface area contributed by atoms with Gasteiger partial charge in [0.25, 0.3) is 0 Å². The van der Waals surface area contributed by atoms with Gasteiger partial charge in [-0.05, 0) is 18.6 Å². The van der Waals surface area contributed by atoms with Crippen molar-refractivity contribution >= 4 is 40.7 Å². The molecule has 0 heterocycles. The zero-order chi connectivity index (χ0) is 15.0. The molecule has 0 spiro atoms. The highest BCUT2D eigenvalue weighted by Crippen LogP contribution is 2.29. The summed E-state index contributed by atoms with van der Waals surface area (Å²) in [5.74, 6) is -0.741. The molecule has 2 amide bonds. The van der Waals surface area contributed by atoms with E-state index in [9.17, 15) is 9.59 Å². The Bertz CT molecular complexity index is 458. The first-order valence-corrected chi connectivity index (χ1v) is 7.30. The van der Waals surface area contributed by atoms with Crippen molar-refractivity contribution in [2.24, 2.45) is 0 Å². The number of rotatable bonds is 7. The number of benzene rings is 1. The molecule has 1 aromatic rings. The largest absolute Gasteiger partial charge is 0.356 e. The standard InChI is InChI=1S/C14H18Cl2N2O2/c1-2-3-4-8-17-12(19)9-13(20)18-14-10(15)6-5-7-11(14)16/h5-7H,2-4,8-9H2,1H3,(H,17,19)(H,18,20). The number of hydrogen-bond acceptors (Lipinski definition) is 2. The molecule has 0 aliphatic carbocycles. The zero-order valence-electron chi connectivity index (χ0n) is 11.3. The summed E-state index contributed by atoms with van der Waals surface area (Å²) < 4.78 is 0. The molecule has 0 aromatic heterocycles. The lowest BCUT2D eigenvalue weighted by Crippen LogP contribution is -2.29. The van der Waals surface area contributed by atoms with Crippen LogP contribution < -0.4 is 10.6 Å². The summed E-state index contributed by atoms with van der Waals surface area (Å²) in [6.45, 7) is 2.68. The van der Waals surface area contributed by atoms with Gasteiger partial charge in [0.15, 0.2) is 0 Å². The van der Waals surface area contributed by atoms with E-state index in [1.165, 1.54) is 0 Å². The zero-order valence-corrected chi connectivity index (χ0v) is 12.9. The molecule has 0 radical (unpaired) electrons. The van der Waals surface area contributed by atoms with Crippen molar-refractivity contribution in [3.63, 3.8) is 0 Å². The van der Waals surface area contributed by atoms with E-state index < -0.39 is 5.91 Å². The molecule has 110 valence electrons. The molecule has 4 nitrogen and oxygen atoms in total. The summed E-state index contributed by atoms with van der Waals surface area (Å²) >= 11 is 11.9. The molecule has 2 N–H and O–H groups in total. The SMILES string of the molecule is CCCCCNC(=O)CC(=O)Nc1c(Cl)cccc1Cl. The van der Waals surface area contributed by atoms with Crippen LogP contribution in [0.25, 0.3) is 0 Å². The van der Waals surface area contributed by atoms with Crippen LogP contribution in [0.1, 0.15) is 32.6 Å². The molecule has 0 unspecified atom stereocenters. The average molecular weight is 317 g/mol. The van der Waals surface area contributed by atoms with Gasteiger partial charge in [-0.25, -0.2) is 0 Å². The van der Waals surface area contributed by atoms with E-state index in [2.05, 4.69) is 17.6 Å². The third-order valence-corrected chi connectivity index (χ3v) is 3.28. The number of nitrogens with one attached hydrogen (secondary N) is 2. The van der Waals surface area contributed by atoms with Crippen LogP contribution >= 0.6 is 23.2 Å². The van der Waals surface area contributed by atoms with Crippen LogP contribution in [0.15, 0.2) is 18.2 Å². The Hall–Kier alpha value is -1.26. The molecule has 0 bridgehead atoms. The number of carbonyl (C=O) groups excluding carboxylic acids is 2. The van der Waals surface area contributed by atoms with Crippen molar-refractivity contribution in [2.45, 2.75) is 32.6 Å². The van der Waals surface area contributed by atoms with E-state index in [-0.39, 0.29) is 12.3 Å². The molecular weight excluding hydrogens is 299 g/mol. The molecule has 0 atom stereocenters. The summed E-state index contributed by atoms with van der Waals surface area (Å²) in [5, 5.41) is 5.93. The van der Waals surface area contributed by atoms with Gasteiger partial charge in [-0.2, -0.15) is 0 Å². The Morgan fingerprint density at radius 1 is 1.10 bits per heavy atom. The average Bonchev–Trinajstić information content (AvgIpc) is 2.39. The van der Waals surface area contributed by atoms with Gasteiger partial charge in [0, 0.05) is 6.54 Å². The van der Waals surface area contributed by atoms with E-state index >= 15 is 0 Å². The Morgan fingerprint density at radius 2 is 1.75 bits per heavy atom. The van der Waals surface area contributed by atoms with Crippen LogP contribution in [0.2, 0.25) is 10.0 Å². The highest BCUT2D eigenvalue weighted by Gasteiger charge is 2.12. The fourth-order valence-corrected chi connectivity index (χ4v) is 2.10. The monoisotopic (exact) mass is 316 g/mol. The van der Waals surface area contributed by atoms with E-state index in [0.717, 1.165) is 19.3 Å². The predicted molar refractivity (Wildman–Crippen MR) is 82.2 cm³/mol. The second-order valence-electron chi connectivity index (χ2n) is 4.38. The highest BCUT2D eigenvalue weighted by atomic mass is 35.5. The Kier molecular flexibility index (Phi) is 7.41. The fraction of sp³-hybridized carbons (Fsp3) is 0.429. The number of halogens is 2. The molecule has 0 aliphatic rings. The van der Waals surface area contributed by atoms with E-state index in [1.54, 1.807) is 18.2 Å². The molecule has 6 heteroatoms. The number of hydrogen-bond donors (Lipinski definition) is 2. The second-order valence-corrected chi connectivity index (χ2v) is 5.19.